The lowest BCUT2D eigenvalue weighted by molar-refractivity contribution is -0.117. The molecule has 4 rings (SSSR count). The third-order valence-electron chi connectivity index (χ3n) is 3.77. The van der Waals surface area contributed by atoms with Gasteiger partial charge in [0.2, 0.25) is 11.7 Å². The fraction of sp³-hybridized carbons (Fsp3) is 0.125. The van der Waals surface area contributed by atoms with Crippen molar-refractivity contribution in [1.82, 2.24) is 29.5 Å². The minimum absolute atomic E-state index is 0.0720. The van der Waals surface area contributed by atoms with Gasteiger partial charge >= 0.3 is 0 Å². The second-order valence-corrected chi connectivity index (χ2v) is 6.38. The minimum Gasteiger partial charge on any atom is -0.347 e. The molecule has 0 bridgehead atoms. The molecule has 0 aliphatic heterocycles. The highest BCUT2D eigenvalue weighted by atomic mass is 32.2. The normalized spacial score (nSPS) is 11.2. The van der Waals surface area contributed by atoms with Crippen LogP contribution in [0.4, 0.5) is 0 Å². The standard InChI is InChI=1S/C16H14N6O2S/c1-21-8-4-7-12(21)14(24)18-13(23)9-25-16-20-19-15-17-10-5-2-3-6-11(10)22(15)16/h2-8H,9H2,1H3,(H,17,19)(H,18,23,24). The average Bonchev–Trinajstić information content (AvgIpc) is 3.27. The monoisotopic (exact) mass is 354 g/mol. The Bertz CT molecular complexity index is 1090. The van der Waals surface area contributed by atoms with Gasteiger partial charge in [0.05, 0.1) is 16.8 Å². The Balaban J connectivity index is 1.48. The van der Waals surface area contributed by atoms with E-state index in [4.69, 9.17) is 0 Å². The highest BCUT2D eigenvalue weighted by molar-refractivity contribution is 7.99. The number of imide groups is 1. The minimum atomic E-state index is -0.418. The molecule has 0 aliphatic carbocycles. The number of thioether (sulfide) groups is 1. The van der Waals surface area contributed by atoms with Gasteiger partial charge in [0, 0.05) is 13.2 Å². The van der Waals surface area contributed by atoms with Crippen LogP contribution < -0.4 is 5.32 Å². The number of imidazole rings is 1. The van der Waals surface area contributed by atoms with Crippen molar-refractivity contribution in [1.29, 1.82) is 0 Å². The summed E-state index contributed by atoms with van der Waals surface area (Å²) >= 11 is 1.24. The molecule has 0 unspecified atom stereocenters. The topological polar surface area (TPSA) is 97.1 Å². The van der Waals surface area contributed by atoms with Gasteiger partial charge in [-0.05, 0) is 24.3 Å². The fourth-order valence-electron chi connectivity index (χ4n) is 2.59. The van der Waals surface area contributed by atoms with Crippen LogP contribution in [0.1, 0.15) is 10.5 Å². The molecule has 0 radical (unpaired) electrons. The van der Waals surface area contributed by atoms with E-state index in [0.717, 1.165) is 11.0 Å². The zero-order valence-electron chi connectivity index (χ0n) is 13.3. The van der Waals surface area contributed by atoms with Crippen LogP contribution in [0.2, 0.25) is 0 Å². The molecule has 0 fully saturated rings. The number of fused-ring (bicyclic) bond motifs is 3. The number of aryl methyl sites for hydroxylation is 1. The van der Waals surface area contributed by atoms with E-state index in [1.54, 1.807) is 29.9 Å². The Hall–Kier alpha value is -3.07. The van der Waals surface area contributed by atoms with Crippen LogP contribution in [0, 0.1) is 0 Å². The Kier molecular flexibility index (Phi) is 3.77. The molecule has 0 saturated carbocycles. The number of hydrogen-bond acceptors (Lipinski definition) is 5. The average molecular weight is 354 g/mol. The van der Waals surface area contributed by atoms with E-state index >= 15 is 0 Å². The van der Waals surface area contributed by atoms with Crippen molar-refractivity contribution in [3.63, 3.8) is 0 Å². The Morgan fingerprint density at radius 3 is 2.88 bits per heavy atom. The van der Waals surface area contributed by atoms with Gasteiger partial charge in [0.25, 0.3) is 5.91 Å². The second kappa shape index (κ2) is 6.10. The first-order chi connectivity index (χ1) is 12.1. The lowest BCUT2D eigenvalue weighted by Gasteiger charge is -2.04. The summed E-state index contributed by atoms with van der Waals surface area (Å²) in [7, 11) is 1.75. The predicted octanol–water partition coefficient (Wildman–Crippen LogP) is 1.60. The van der Waals surface area contributed by atoms with E-state index in [0.29, 0.717) is 16.6 Å². The quantitative estimate of drug-likeness (QED) is 0.543. The summed E-state index contributed by atoms with van der Waals surface area (Å²) in [6.07, 6.45) is 1.75. The largest absolute Gasteiger partial charge is 0.347 e. The number of carbonyl (C=O) groups excluding carboxylic acids is 2. The van der Waals surface area contributed by atoms with Gasteiger partial charge in [0.1, 0.15) is 5.69 Å². The van der Waals surface area contributed by atoms with E-state index in [9.17, 15) is 9.59 Å². The Morgan fingerprint density at radius 1 is 1.24 bits per heavy atom. The molecule has 25 heavy (non-hydrogen) atoms. The summed E-state index contributed by atoms with van der Waals surface area (Å²) < 4.78 is 3.51. The number of para-hydroxylation sites is 2. The van der Waals surface area contributed by atoms with Crippen LogP contribution in [0.3, 0.4) is 0 Å². The Morgan fingerprint density at radius 2 is 2.08 bits per heavy atom. The van der Waals surface area contributed by atoms with Gasteiger partial charge in [0.15, 0.2) is 5.16 Å². The molecule has 3 aromatic heterocycles. The van der Waals surface area contributed by atoms with Crippen molar-refractivity contribution in [2.75, 3.05) is 5.75 Å². The molecular weight excluding hydrogens is 340 g/mol. The molecule has 0 atom stereocenters. The SMILES string of the molecule is Cn1cccc1C(=O)NC(=O)CSc1n[nH]c2nc3ccccc3n12. The molecule has 1 aromatic carbocycles. The first-order valence-corrected chi connectivity index (χ1v) is 8.52. The van der Waals surface area contributed by atoms with Gasteiger partial charge in [-0.3, -0.25) is 19.3 Å². The highest BCUT2D eigenvalue weighted by Crippen LogP contribution is 2.22. The van der Waals surface area contributed by atoms with Crippen LogP contribution in [-0.4, -0.2) is 41.7 Å². The van der Waals surface area contributed by atoms with Gasteiger partial charge in [-0.15, -0.1) is 5.10 Å². The lowest BCUT2D eigenvalue weighted by atomic mass is 10.3. The van der Waals surface area contributed by atoms with Crippen LogP contribution in [0.25, 0.3) is 16.8 Å². The number of aromatic nitrogens is 5. The molecule has 2 amide bonds. The van der Waals surface area contributed by atoms with Crippen molar-refractivity contribution in [2.24, 2.45) is 7.05 Å². The van der Waals surface area contributed by atoms with Crippen molar-refractivity contribution in [3.8, 4) is 0 Å². The third-order valence-corrected chi connectivity index (χ3v) is 4.70. The number of benzene rings is 1. The summed E-state index contributed by atoms with van der Waals surface area (Å²) in [5, 5.41) is 10.0. The van der Waals surface area contributed by atoms with E-state index in [1.807, 2.05) is 28.7 Å². The summed E-state index contributed by atoms with van der Waals surface area (Å²) in [4.78, 5) is 28.5. The molecule has 3 heterocycles. The molecular formula is C16H14N6O2S. The summed E-state index contributed by atoms with van der Waals surface area (Å²) in [5.74, 6) is -0.109. The number of H-pyrrole nitrogens is 1. The first kappa shape index (κ1) is 15.5. The van der Waals surface area contributed by atoms with Crippen molar-refractivity contribution in [3.05, 3.63) is 48.3 Å². The van der Waals surface area contributed by atoms with Gasteiger partial charge in [-0.1, -0.05) is 23.9 Å². The molecule has 0 spiro atoms. The number of nitrogens with zero attached hydrogens (tertiary/aromatic N) is 4. The fourth-order valence-corrected chi connectivity index (χ4v) is 3.35. The third kappa shape index (κ3) is 2.78. The summed E-state index contributed by atoms with van der Waals surface area (Å²) in [6.45, 7) is 0. The molecule has 9 heteroatoms. The van der Waals surface area contributed by atoms with Gasteiger partial charge < -0.3 is 4.57 Å². The van der Waals surface area contributed by atoms with Crippen molar-refractivity contribution >= 4 is 40.4 Å². The maximum atomic E-state index is 12.1. The van der Waals surface area contributed by atoms with E-state index < -0.39 is 5.91 Å². The zero-order chi connectivity index (χ0) is 17.4. The predicted molar refractivity (Wildman–Crippen MR) is 93.5 cm³/mol. The van der Waals surface area contributed by atoms with E-state index in [2.05, 4.69) is 20.5 Å². The molecule has 2 N–H and O–H groups in total. The zero-order valence-corrected chi connectivity index (χ0v) is 14.1. The highest BCUT2D eigenvalue weighted by Gasteiger charge is 2.16. The van der Waals surface area contributed by atoms with Crippen molar-refractivity contribution < 1.29 is 9.59 Å². The smallest absolute Gasteiger partial charge is 0.274 e. The number of carbonyl (C=O) groups is 2. The van der Waals surface area contributed by atoms with Crippen LogP contribution in [-0.2, 0) is 11.8 Å². The maximum Gasteiger partial charge on any atom is 0.274 e. The van der Waals surface area contributed by atoms with Crippen LogP contribution in [0.15, 0.2) is 47.8 Å². The number of nitrogens with one attached hydrogen (secondary N) is 2. The number of aromatic amines is 1. The lowest BCUT2D eigenvalue weighted by Crippen LogP contribution is -2.33. The van der Waals surface area contributed by atoms with E-state index in [-0.39, 0.29) is 11.7 Å². The van der Waals surface area contributed by atoms with Crippen LogP contribution in [0.5, 0.6) is 0 Å². The van der Waals surface area contributed by atoms with Gasteiger partial charge in [-0.25, -0.2) is 10.1 Å². The maximum absolute atomic E-state index is 12.1. The molecule has 126 valence electrons. The molecule has 4 aromatic rings. The molecule has 0 saturated heterocycles. The van der Waals surface area contributed by atoms with Crippen molar-refractivity contribution in [2.45, 2.75) is 5.16 Å². The Labute approximate surface area is 146 Å². The summed E-state index contributed by atoms with van der Waals surface area (Å²) in [5.41, 5.74) is 2.19. The van der Waals surface area contributed by atoms with Crippen LogP contribution >= 0.6 is 11.8 Å². The first-order valence-electron chi connectivity index (χ1n) is 7.53. The number of rotatable bonds is 4. The van der Waals surface area contributed by atoms with E-state index in [1.165, 1.54) is 11.8 Å². The van der Waals surface area contributed by atoms with Gasteiger partial charge in [-0.2, -0.15) is 0 Å². The molecule has 8 nitrogen and oxygen atoms in total. The number of amides is 2. The summed E-state index contributed by atoms with van der Waals surface area (Å²) in [6, 6.07) is 11.1. The number of hydrogen-bond donors (Lipinski definition) is 2. The molecule has 0 aliphatic rings. The second-order valence-electron chi connectivity index (χ2n) is 5.44.